The largest absolute Gasteiger partial charge is 0.356 e. The number of piperidine rings is 1. The van der Waals surface area contributed by atoms with Crippen molar-refractivity contribution in [2.75, 3.05) is 24.5 Å². The molecule has 4 nitrogen and oxygen atoms in total. The number of hydrogen-bond donors (Lipinski definition) is 1. The Morgan fingerprint density at radius 1 is 1.22 bits per heavy atom. The predicted molar refractivity (Wildman–Crippen MR) is 72.7 cm³/mol. The molecule has 1 aromatic heterocycles. The van der Waals surface area contributed by atoms with E-state index in [0.29, 0.717) is 6.04 Å². The summed E-state index contributed by atoms with van der Waals surface area (Å²) in [6.45, 7) is 5.48. The van der Waals surface area contributed by atoms with Crippen LogP contribution in [-0.2, 0) is 0 Å². The van der Waals surface area contributed by atoms with Crippen LogP contribution >= 0.6 is 0 Å². The van der Waals surface area contributed by atoms with Crippen molar-refractivity contribution in [3.05, 3.63) is 18.1 Å². The van der Waals surface area contributed by atoms with Gasteiger partial charge in [-0.2, -0.15) is 0 Å². The number of aromatic nitrogens is 2. The summed E-state index contributed by atoms with van der Waals surface area (Å²) in [5.74, 6) is 2.07. The van der Waals surface area contributed by atoms with Crippen LogP contribution in [0.2, 0.25) is 0 Å². The fourth-order valence-electron chi connectivity index (χ4n) is 2.58. The molecule has 3 rings (SSSR count). The maximum atomic E-state index is 4.37. The zero-order chi connectivity index (χ0) is 12.4. The molecular weight excluding hydrogens is 224 g/mol. The Labute approximate surface area is 109 Å². The van der Waals surface area contributed by atoms with Crippen LogP contribution in [0.5, 0.6) is 0 Å². The van der Waals surface area contributed by atoms with E-state index in [0.717, 1.165) is 30.5 Å². The first-order valence-corrected chi connectivity index (χ1v) is 7.08. The normalized spacial score (nSPS) is 21.3. The van der Waals surface area contributed by atoms with Gasteiger partial charge in [-0.25, -0.2) is 9.97 Å². The van der Waals surface area contributed by atoms with E-state index in [9.17, 15) is 0 Å². The zero-order valence-electron chi connectivity index (χ0n) is 11.1. The Balaban J connectivity index is 1.49. The lowest BCUT2D eigenvalue weighted by atomic mass is 10.0. The van der Waals surface area contributed by atoms with Crippen LogP contribution in [0.1, 0.15) is 31.4 Å². The third kappa shape index (κ3) is 2.99. The van der Waals surface area contributed by atoms with E-state index >= 15 is 0 Å². The van der Waals surface area contributed by atoms with Crippen molar-refractivity contribution in [2.45, 2.75) is 38.6 Å². The molecule has 1 saturated heterocycles. The minimum Gasteiger partial charge on any atom is -0.356 e. The average Bonchev–Trinajstić information content (AvgIpc) is 3.21. The van der Waals surface area contributed by atoms with Gasteiger partial charge in [0, 0.05) is 30.9 Å². The first-order chi connectivity index (χ1) is 8.81. The molecule has 0 bridgehead atoms. The summed E-state index contributed by atoms with van der Waals surface area (Å²) in [6, 6.07) is 2.79. The van der Waals surface area contributed by atoms with E-state index in [-0.39, 0.29) is 0 Å². The number of anilines is 1. The third-order valence-corrected chi connectivity index (χ3v) is 4.00. The molecule has 1 N–H and O–H groups in total. The third-order valence-electron chi connectivity index (χ3n) is 4.00. The number of hydrogen-bond acceptors (Lipinski definition) is 4. The van der Waals surface area contributed by atoms with Crippen molar-refractivity contribution in [3.63, 3.8) is 0 Å². The quantitative estimate of drug-likeness (QED) is 0.879. The Kier molecular flexibility index (Phi) is 3.46. The molecule has 2 fully saturated rings. The lowest BCUT2D eigenvalue weighted by molar-refractivity contribution is 0.407. The Morgan fingerprint density at radius 3 is 2.67 bits per heavy atom. The van der Waals surface area contributed by atoms with Gasteiger partial charge < -0.3 is 10.2 Å². The van der Waals surface area contributed by atoms with E-state index in [2.05, 4.69) is 26.3 Å². The summed E-state index contributed by atoms with van der Waals surface area (Å²) in [5.41, 5.74) is 1.05. The van der Waals surface area contributed by atoms with Gasteiger partial charge in [0.1, 0.15) is 12.1 Å². The van der Waals surface area contributed by atoms with Gasteiger partial charge in [0.25, 0.3) is 0 Å². The van der Waals surface area contributed by atoms with Gasteiger partial charge in [0.15, 0.2) is 0 Å². The smallest absolute Gasteiger partial charge is 0.132 e. The molecule has 1 aromatic rings. The fraction of sp³-hybridized carbons (Fsp3) is 0.714. The lowest BCUT2D eigenvalue weighted by Crippen LogP contribution is -2.43. The molecule has 18 heavy (non-hydrogen) atoms. The monoisotopic (exact) mass is 246 g/mol. The highest BCUT2D eigenvalue weighted by molar-refractivity contribution is 5.39. The molecule has 0 unspecified atom stereocenters. The van der Waals surface area contributed by atoms with E-state index in [1.807, 2.05) is 6.92 Å². The number of aryl methyl sites for hydroxylation is 1. The van der Waals surface area contributed by atoms with E-state index in [4.69, 9.17) is 0 Å². The highest BCUT2D eigenvalue weighted by Crippen LogP contribution is 2.28. The molecule has 1 aliphatic heterocycles. The minimum absolute atomic E-state index is 0.713. The van der Waals surface area contributed by atoms with Crippen molar-refractivity contribution in [1.29, 1.82) is 0 Å². The van der Waals surface area contributed by atoms with Crippen molar-refractivity contribution in [1.82, 2.24) is 15.3 Å². The molecule has 1 saturated carbocycles. The van der Waals surface area contributed by atoms with Crippen molar-refractivity contribution >= 4 is 5.82 Å². The van der Waals surface area contributed by atoms with Crippen LogP contribution in [0.15, 0.2) is 12.4 Å². The Bertz CT molecular complexity index is 395. The second-order valence-corrected chi connectivity index (χ2v) is 5.63. The standard InChI is InChI=1S/C14H22N4/c1-11-8-14(17-10-16-11)18-6-4-13(5-7-18)15-9-12-2-3-12/h8,10,12-13,15H,2-7,9H2,1H3. The fourth-order valence-corrected chi connectivity index (χ4v) is 2.58. The summed E-state index contributed by atoms with van der Waals surface area (Å²) < 4.78 is 0. The van der Waals surface area contributed by atoms with Gasteiger partial charge in [-0.3, -0.25) is 0 Å². The lowest BCUT2D eigenvalue weighted by Gasteiger charge is -2.33. The first kappa shape index (κ1) is 11.9. The number of nitrogens with one attached hydrogen (secondary N) is 1. The van der Waals surface area contributed by atoms with Crippen LogP contribution in [0.3, 0.4) is 0 Å². The molecular formula is C14H22N4. The second kappa shape index (κ2) is 5.22. The molecule has 4 heteroatoms. The van der Waals surface area contributed by atoms with Gasteiger partial charge >= 0.3 is 0 Å². The zero-order valence-corrected chi connectivity index (χ0v) is 11.1. The molecule has 2 aliphatic rings. The molecule has 0 amide bonds. The molecule has 0 radical (unpaired) electrons. The topological polar surface area (TPSA) is 41.0 Å². The Morgan fingerprint density at radius 2 is 2.00 bits per heavy atom. The van der Waals surface area contributed by atoms with E-state index in [1.165, 1.54) is 32.2 Å². The summed E-state index contributed by atoms with van der Waals surface area (Å²) >= 11 is 0. The van der Waals surface area contributed by atoms with E-state index < -0.39 is 0 Å². The van der Waals surface area contributed by atoms with Crippen molar-refractivity contribution < 1.29 is 0 Å². The molecule has 1 aliphatic carbocycles. The van der Waals surface area contributed by atoms with E-state index in [1.54, 1.807) is 6.33 Å². The summed E-state index contributed by atoms with van der Waals surface area (Å²) in [6.07, 6.45) is 7.01. The summed E-state index contributed by atoms with van der Waals surface area (Å²) in [4.78, 5) is 10.9. The van der Waals surface area contributed by atoms with Crippen molar-refractivity contribution in [3.8, 4) is 0 Å². The van der Waals surface area contributed by atoms with Crippen molar-refractivity contribution in [2.24, 2.45) is 5.92 Å². The van der Waals surface area contributed by atoms with Crippen LogP contribution in [0.4, 0.5) is 5.82 Å². The second-order valence-electron chi connectivity index (χ2n) is 5.63. The maximum absolute atomic E-state index is 4.37. The summed E-state index contributed by atoms with van der Waals surface area (Å²) in [5, 5.41) is 3.71. The number of nitrogens with zero attached hydrogens (tertiary/aromatic N) is 3. The van der Waals surface area contributed by atoms with Crippen LogP contribution in [-0.4, -0.2) is 35.6 Å². The van der Waals surface area contributed by atoms with Gasteiger partial charge in [-0.1, -0.05) is 0 Å². The van der Waals surface area contributed by atoms with Gasteiger partial charge in [-0.15, -0.1) is 0 Å². The Hall–Kier alpha value is -1.16. The maximum Gasteiger partial charge on any atom is 0.132 e. The molecule has 2 heterocycles. The van der Waals surface area contributed by atoms with Gasteiger partial charge in [-0.05, 0) is 45.1 Å². The highest BCUT2D eigenvalue weighted by Gasteiger charge is 2.24. The predicted octanol–water partition coefficient (Wildman–Crippen LogP) is 1.75. The van der Waals surface area contributed by atoms with Crippen LogP contribution in [0.25, 0.3) is 0 Å². The molecule has 0 aromatic carbocycles. The number of rotatable bonds is 4. The minimum atomic E-state index is 0.713. The highest BCUT2D eigenvalue weighted by atomic mass is 15.2. The molecule has 0 atom stereocenters. The molecule has 0 spiro atoms. The average molecular weight is 246 g/mol. The van der Waals surface area contributed by atoms with Crippen LogP contribution in [0, 0.1) is 12.8 Å². The van der Waals surface area contributed by atoms with Crippen LogP contribution < -0.4 is 10.2 Å². The first-order valence-electron chi connectivity index (χ1n) is 7.08. The summed E-state index contributed by atoms with van der Waals surface area (Å²) in [7, 11) is 0. The molecule has 98 valence electrons. The SMILES string of the molecule is Cc1cc(N2CCC(NCC3CC3)CC2)ncn1. The van der Waals surface area contributed by atoms with Gasteiger partial charge in [0.2, 0.25) is 0 Å². The van der Waals surface area contributed by atoms with Gasteiger partial charge in [0.05, 0.1) is 0 Å².